The summed E-state index contributed by atoms with van der Waals surface area (Å²) in [5, 5.41) is 3.54. The topological polar surface area (TPSA) is 12.0 Å². The molecule has 2 fully saturated rings. The quantitative estimate of drug-likeness (QED) is 0.518. The fourth-order valence-corrected chi connectivity index (χ4v) is 2.11. The van der Waals surface area contributed by atoms with Crippen LogP contribution in [0.4, 0.5) is 0 Å². The molecule has 2 heterocycles. The number of hydrogen-bond acceptors (Lipinski definition) is 1. The Morgan fingerprint density at radius 3 is 3.22 bits per heavy atom. The Balaban J connectivity index is 2.03. The van der Waals surface area contributed by atoms with E-state index in [0.29, 0.717) is 0 Å². The van der Waals surface area contributed by atoms with Crippen molar-refractivity contribution in [2.24, 2.45) is 5.92 Å². The molecule has 2 rings (SSSR count). The standard InChI is InChI=1S/C8H14N/c1-6-4-7-2-3-8(5-6)9-7/h6-7,9H,2-5H2,1H3. The normalized spacial score (nSPS) is 43.7. The molecule has 1 nitrogen and oxygen atoms in total. The maximum absolute atomic E-state index is 3.54. The summed E-state index contributed by atoms with van der Waals surface area (Å²) in [6.45, 7) is 2.36. The lowest BCUT2D eigenvalue weighted by Crippen LogP contribution is -2.32. The van der Waals surface area contributed by atoms with Crippen LogP contribution >= 0.6 is 0 Å². The van der Waals surface area contributed by atoms with Gasteiger partial charge in [0, 0.05) is 12.1 Å². The van der Waals surface area contributed by atoms with Gasteiger partial charge in [-0.3, -0.25) is 0 Å². The molecule has 2 aliphatic rings. The number of fused-ring (bicyclic) bond motifs is 2. The summed E-state index contributed by atoms with van der Waals surface area (Å²) >= 11 is 0. The molecule has 0 amide bonds. The molecule has 1 heteroatoms. The Kier molecular flexibility index (Phi) is 1.26. The van der Waals surface area contributed by atoms with Crippen LogP contribution in [0.5, 0.6) is 0 Å². The fraction of sp³-hybridized carbons (Fsp3) is 0.875. The molecule has 1 N–H and O–H groups in total. The summed E-state index contributed by atoms with van der Waals surface area (Å²) in [6.07, 6.45) is 5.51. The van der Waals surface area contributed by atoms with Gasteiger partial charge in [0.05, 0.1) is 0 Å². The first-order valence-electron chi connectivity index (χ1n) is 3.96. The maximum Gasteiger partial charge on any atom is 0.0369 e. The zero-order valence-electron chi connectivity index (χ0n) is 5.98. The molecule has 0 aromatic rings. The third kappa shape index (κ3) is 0.983. The fourth-order valence-electron chi connectivity index (χ4n) is 2.11. The highest BCUT2D eigenvalue weighted by atomic mass is 15.0. The molecule has 0 saturated carbocycles. The smallest absolute Gasteiger partial charge is 0.0369 e. The van der Waals surface area contributed by atoms with Gasteiger partial charge in [0.1, 0.15) is 0 Å². The second-order valence-corrected chi connectivity index (χ2v) is 3.53. The van der Waals surface area contributed by atoms with E-state index in [1.807, 2.05) is 0 Å². The summed E-state index contributed by atoms with van der Waals surface area (Å²) in [6, 6.07) is 2.47. The second kappa shape index (κ2) is 1.98. The van der Waals surface area contributed by atoms with Gasteiger partial charge in [-0.25, -0.2) is 0 Å². The molecule has 2 saturated heterocycles. The molecule has 2 bridgehead atoms. The molecular weight excluding hydrogens is 110 g/mol. The summed E-state index contributed by atoms with van der Waals surface area (Å²) in [4.78, 5) is 0. The van der Waals surface area contributed by atoms with Crippen molar-refractivity contribution >= 4 is 0 Å². The molecule has 0 aromatic heterocycles. The van der Waals surface area contributed by atoms with Crippen LogP contribution in [-0.2, 0) is 0 Å². The summed E-state index contributed by atoms with van der Waals surface area (Å²) in [5.41, 5.74) is 0. The van der Waals surface area contributed by atoms with Gasteiger partial charge in [0.2, 0.25) is 0 Å². The summed E-state index contributed by atoms with van der Waals surface area (Å²) < 4.78 is 0. The first-order chi connectivity index (χ1) is 4.34. The predicted molar refractivity (Wildman–Crippen MR) is 37.8 cm³/mol. The summed E-state index contributed by atoms with van der Waals surface area (Å²) in [7, 11) is 0. The number of rotatable bonds is 0. The zero-order valence-corrected chi connectivity index (χ0v) is 5.98. The van der Waals surface area contributed by atoms with Crippen molar-refractivity contribution in [2.75, 3.05) is 0 Å². The second-order valence-electron chi connectivity index (χ2n) is 3.53. The summed E-state index contributed by atoms with van der Waals surface area (Å²) in [5.74, 6) is 0.953. The molecule has 51 valence electrons. The van der Waals surface area contributed by atoms with Crippen LogP contribution in [0.25, 0.3) is 0 Å². The van der Waals surface area contributed by atoms with Crippen molar-refractivity contribution in [2.45, 2.75) is 38.6 Å². The highest BCUT2D eigenvalue weighted by Gasteiger charge is 2.31. The van der Waals surface area contributed by atoms with E-state index >= 15 is 0 Å². The molecule has 0 aliphatic carbocycles. The molecule has 0 spiro atoms. The van der Waals surface area contributed by atoms with Crippen LogP contribution in [0.15, 0.2) is 0 Å². The number of piperidine rings is 1. The minimum absolute atomic E-state index is 0.851. The lowest BCUT2D eigenvalue weighted by atomic mass is 9.95. The van der Waals surface area contributed by atoms with Crippen LogP contribution in [0.1, 0.15) is 32.6 Å². The number of hydrogen-bond donors (Lipinski definition) is 1. The van der Waals surface area contributed by atoms with Gasteiger partial charge in [-0.1, -0.05) is 6.92 Å². The highest BCUT2D eigenvalue weighted by molar-refractivity contribution is 5.03. The minimum Gasteiger partial charge on any atom is -0.307 e. The molecule has 1 radical (unpaired) electrons. The van der Waals surface area contributed by atoms with E-state index < -0.39 is 0 Å². The molecule has 2 aliphatic heterocycles. The maximum atomic E-state index is 3.54. The molecule has 9 heavy (non-hydrogen) atoms. The van der Waals surface area contributed by atoms with Crippen LogP contribution in [0.3, 0.4) is 0 Å². The zero-order chi connectivity index (χ0) is 6.27. The van der Waals surface area contributed by atoms with Gasteiger partial charge in [-0.2, -0.15) is 0 Å². The average Bonchev–Trinajstić information content (AvgIpc) is 2.11. The Morgan fingerprint density at radius 1 is 1.56 bits per heavy atom. The van der Waals surface area contributed by atoms with Crippen molar-refractivity contribution in [1.82, 2.24) is 5.32 Å². The van der Waals surface area contributed by atoms with E-state index in [9.17, 15) is 0 Å². The van der Waals surface area contributed by atoms with Crippen molar-refractivity contribution in [3.8, 4) is 0 Å². The van der Waals surface area contributed by atoms with Gasteiger partial charge < -0.3 is 5.32 Å². The first kappa shape index (κ1) is 5.72. The Morgan fingerprint density at radius 2 is 2.44 bits per heavy atom. The lowest BCUT2D eigenvalue weighted by Gasteiger charge is -2.25. The Labute approximate surface area is 56.8 Å². The van der Waals surface area contributed by atoms with Crippen LogP contribution in [0.2, 0.25) is 0 Å². The van der Waals surface area contributed by atoms with Gasteiger partial charge in [-0.05, 0) is 31.6 Å². The van der Waals surface area contributed by atoms with Gasteiger partial charge in [-0.15, -0.1) is 0 Å². The first-order valence-corrected chi connectivity index (χ1v) is 3.96. The van der Waals surface area contributed by atoms with Crippen molar-refractivity contribution in [3.05, 3.63) is 6.04 Å². The van der Waals surface area contributed by atoms with E-state index in [4.69, 9.17) is 0 Å². The largest absolute Gasteiger partial charge is 0.307 e. The van der Waals surface area contributed by atoms with E-state index in [2.05, 4.69) is 12.2 Å². The lowest BCUT2D eigenvalue weighted by molar-refractivity contribution is 0.371. The van der Waals surface area contributed by atoms with Crippen LogP contribution in [0, 0.1) is 12.0 Å². The SMILES string of the molecule is CC1C[C]2CCC(C1)N2. The van der Waals surface area contributed by atoms with E-state index in [1.165, 1.54) is 25.7 Å². The third-order valence-electron chi connectivity index (χ3n) is 2.48. The van der Waals surface area contributed by atoms with Crippen molar-refractivity contribution in [1.29, 1.82) is 0 Å². The third-order valence-corrected chi connectivity index (χ3v) is 2.48. The Bertz CT molecular complexity index is 99.1. The Hall–Kier alpha value is -0.0400. The molecule has 0 aromatic carbocycles. The van der Waals surface area contributed by atoms with Crippen LogP contribution in [-0.4, -0.2) is 6.04 Å². The monoisotopic (exact) mass is 124 g/mol. The van der Waals surface area contributed by atoms with Crippen molar-refractivity contribution in [3.63, 3.8) is 0 Å². The number of nitrogens with one attached hydrogen (secondary N) is 1. The highest BCUT2D eigenvalue weighted by Crippen LogP contribution is 2.34. The van der Waals surface area contributed by atoms with E-state index in [0.717, 1.165) is 12.0 Å². The minimum atomic E-state index is 0.851. The van der Waals surface area contributed by atoms with Gasteiger partial charge in [0.15, 0.2) is 0 Å². The van der Waals surface area contributed by atoms with Crippen molar-refractivity contribution < 1.29 is 0 Å². The van der Waals surface area contributed by atoms with E-state index in [1.54, 1.807) is 6.04 Å². The molecule has 2 unspecified atom stereocenters. The van der Waals surface area contributed by atoms with Crippen LogP contribution < -0.4 is 5.32 Å². The molecule has 2 atom stereocenters. The predicted octanol–water partition coefficient (Wildman–Crippen LogP) is 1.70. The molecular formula is C8H14N. The van der Waals surface area contributed by atoms with Gasteiger partial charge in [0.25, 0.3) is 0 Å². The van der Waals surface area contributed by atoms with E-state index in [-0.39, 0.29) is 0 Å². The average molecular weight is 124 g/mol. The van der Waals surface area contributed by atoms with Gasteiger partial charge >= 0.3 is 0 Å².